The van der Waals surface area contributed by atoms with Gasteiger partial charge in [0.15, 0.2) is 0 Å². The number of benzene rings is 1. The van der Waals surface area contributed by atoms with Gasteiger partial charge in [-0.15, -0.1) is 11.3 Å². The van der Waals surface area contributed by atoms with Crippen LogP contribution >= 0.6 is 22.9 Å². The van der Waals surface area contributed by atoms with Gasteiger partial charge in [0.2, 0.25) is 0 Å². The van der Waals surface area contributed by atoms with E-state index in [1.807, 2.05) is 39.0 Å². The van der Waals surface area contributed by atoms with Crippen molar-refractivity contribution >= 4 is 29.0 Å². The first-order valence-electron chi connectivity index (χ1n) is 9.57. The minimum atomic E-state index is -0.567. The molecule has 1 atom stereocenters. The third-order valence-corrected chi connectivity index (χ3v) is 6.25. The van der Waals surface area contributed by atoms with E-state index in [0.29, 0.717) is 11.6 Å². The van der Waals surface area contributed by atoms with Crippen molar-refractivity contribution in [2.24, 2.45) is 0 Å². The van der Waals surface area contributed by atoms with Gasteiger partial charge >= 0.3 is 6.09 Å². The number of carbonyl (C=O) groups excluding carboxylic acids is 1. The van der Waals surface area contributed by atoms with Crippen LogP contribution < -0.4 is 0 Å². The third-order valence-electron chi connectivity index (χ3n) is 4.93. The van der Waals surface area contributed by atoms with Crippen LogP contribution in [0.15, 0.2) is 36.8 Å². The molecule has 154 valence electrons. The van der Waals surface area contributed by atoms with E-state index in [1.165, 1.54) is 5.56 Å². The van der Waals surface area contributed by atoms with Gasteiger partial charge in [-0.05, 0) is 69.0 Å². The zero-order valence-corrected chi connectivity index (χ0v) is 18.5. The summed E-state index contributed by atoms with van der Waals surface area (Å²) in [6, 6.07) is 7.70. The summed E-state index contributed by atoms with van der Waals surface area (Å²) in [5.41, 5.74) is 2.70. The minimum absolute atomic E-state index is 0.272. The standard InChI is InChI=1S/C22H24ClNO4S/c1-13-16(12-18(29-13)20-26-9-10-27-20)19-17-11-15(23)6-5-14(17)7-8-24(19)21(25)28-22(2,3)4/h5-6,9-12,19-20H,7-8H2,1-4H3/t19-/m0/s1. The first-order chi connectivity index (χ1) is 13.7. The molecule has 0 saturated heterocycles. The van der Waals surface area contributed by atoms with E-state index in [-0.39, 0.29) is 12.1 Å². The van der Waals surface area contributed by atoms with E-state index in [4.69, 9.17) is 25.8 Å². The van der Waals surface area contributed by atoms with Gasteiger partial charge in [-0.3, -0.25) is 4.90 Å². The number of amides is 1. The molecule has 0 N–H and O–H groups in total. The van der Waals surface area contributed by atoms with E-state index >= 15 is 0 Å². The Kier molecular flexibility index (Phi) is 5.25. The van der Waals surface area contributed by atoms with Crippen molar-refractivity contribution in [3.63, 3.8) is 0 Å². The number of fused-ring (bicyclic) bond motifs is 1. The van der Waals surface area contributed by atoms with E-state index in [0.717, 1.165) is 27.3 Å². The lowest BCUT2D eigenvalue weighted by Crippen LogP contribution is -2.43. The van der Waals surface area contributed by atoms with E-state index < -0.39 is 11.9 Å². The van der Waals surface area contributed by atoms with Gasteiger partial charge in [-0.2, -0.15) is 0 Å². The third kappa shape index (κ3) is 4.09. The van der Waals surface area contributed by atoms with Gasteiger partial charge in [0.05, 0.1) is 10.9 Å². The summed E-state index contributed by atoms with van der Waals surface area (Å²) < 4.78 is 16.7. The molecule has 2 aromatic rings. The second-order valence-electron chi connectivity index (χ2n) is 8.21. The molecule has 1 amide bonds. The second kappa shape index (κ2) is 7.58. The minimum Gasteiger partial charge on any atom is -0.454 e. The molecule has 0 spiro atoms. The number of ether oxygens (including phenoxy) is 3. The number of carbonyl (C=O) groups is 1. The first-order valence-corrected chi connectivity index (χ1v) is 10.8. The maximum atomic E-state index is 13.1. The summed E-state index contributed by atoms with van der Waals surface area (Å²) >= 11 is 7.94. The predicted octanol–water partition coefficient (Wildman–Crippen LogP) is 6.11. The van der Waals surface area contributed by atoms with Gasteiger partial charge in [-0.1, -0.05) is 17.7 Å². The SMILES string of the molecule is Cc1sc(C2OC=CO2)cc1[C@H]1c2cc(Cl)ccc2CCN1C(=O)OC(C)(C)C. The zero-order valence-electron chi connectivity index (χ0n) is 16.9. The van der Waals surface area contributed by atoms with Crippen LogP contribution in [0.2, 0.25) is 5.02 Å². The molecule has 4 rings (SSSR count). The number of halogens is 1. The highest BCUT2D eigenvalue weighted by atomic mass is 35.5. The number of rotatable bonds is 2. The Hall–Kier alpha value is -2.18. The van der Waals surface area contributed by atoms with Crippen LogP contribution in [0.25, 0.3) is 0 Å². The first kappa shape index (κ1) is 20.1. The average Bonchev–Trinajstić information content (AvgIpc) is 3.28. The predicted molar refractivity (Wildman–Crippen MR) is 113 cm³/mol. The molecule has 3 heterocycles. The fraction of sp³-hybridized carbons (Fsp3) is 0.409. The van der Waals surface area contributed by atoms with Gasteiger partial charge in [0.25, 0.3) is 6.29 Å². The summed E-state index contributed by atoms with van der Waals surface area (Å²) in [6.45, 7) is 8.27. The molecule has 0 saturated carbocycles. The number of hydrogen-bond acceptors (Lipinski definition) is 5. The number of thiophene rings is 1. The molecular weight excluding hydrogens is 410 g/mol. The Balaban J connectivity index is 1.77. The second-order valence-corrected chi connectivity index (χ2v) is 9.93. The Morgan fingerprint density at radius 3 is 2.62 bits per heavy atom. The Labute approximate surface area is 179 Å². The van der Waals surface area contributed by atoms with E-state index in [2.05, 4.69) is 13.0 Å². The number of nitrogens with zero attached hydrogens (tertiary/aromatic N) is 1. The molecule has 1 aromatic heterocycles. The molecule has 0 unspecified atom stereocenters. The average molecular weight is 434 g/mol. The highest BCUT2D eigenvalue weighted by molar-refractivity contribution is 7.12. The quantitative estimate of drug-likeness (QED) is 0.573. The lowest BCUT2D eigenvalue weighted by Gasteiger charge is -2.38. The lowest BCUT2D eigenvalue weighted by molar-refractivity contribution is -0.0217. The van der Waals surface area contributed by atoms with Gasteiger partial charge < -0.3 is 14.2 Å². The van der Waals surface area contributed by atoms with Crippen LogP contribution in [0.4, 0.5) is 4.79 Å². The van der Waals surface area contributed by atoms with Crippen LogP contribution in [0.5, 0.6) is 0 Å². The molecular formula is C22H24ClNO4S. The molecule has 5 nitrogen and oxygen atoms in total. The summed E-state index contributed by atoms with van der Waals surface area (Å²) in [5.74, 6) is 0. The van der Waals surface area contributed by atoms with Crippen molar-refractivity contribution in [1.29, 1.82) is 0 Å². The van der Waals surface area contributed by atoms with Crippen molar-refractivity contribution in [2.75, 3.05) is 6.54 Å². The molecule has 7 heteroatoms. The molecule has 2 aliphatic rings. The summed E-state index contributed by atoms with van der Waals surface area (Å²) in [4.78, 5) is 16.9. The Bertz CT molecular complexity index is 954. The molecule has 0 radical (unpaired) electrons. The van der Waals surface area contributed by atoms with Crippen LogP contribution in [0, 0.1) is 6.92 Å². The summed E-state index contributed by atoms with van der Waals surface area (Å²) in [6.07, 6.45) is 3.08. The van der Waals surface area contributed by atoms with Crippen LogP contribution in [-0.4, -0.2) is 23.1 Å². The molecule has 29 heavy (non-hydrogen) atoms. The van der Waals surface area contributed by atoms with Crippen molar-refractivity contribution in [1.82, 2.24) is 4.90 Å². The largest absolute Gasteiger partial charge is 0.454 e. The molecule has 2 aliphatic heterocycles. The fourth-order valence-corrected chi connectivity index (χ4v) is 4.94. The lowest BCUT2D eigenvalue weighted by atomic mass is 9.88. The van der Waals surface area contributed by atoms with Crippen LogP contribution in [0.1, 0.15) is 59.5 Å². The van der Waals surface area contributed by atoms with Crippen LogP contribution in [-0.2, 0) is 20.6 Å². The van der Waals surface area contributed by atoms with Gasteiger partial charge in [-0.25, -0.2) is 4.79 Å². The number of hydrogen-bond donors (Lipinski definition) is 0. The normalized spacial score (nSPS) is 18.9. The molecule has 1 aromatic carbocycles. The smallest absolute Gasteiger partial charge is 0.411 e. The highest BCUT2D eigenvalue weighted by Gasteiger charge is 2.37. The topological polar surface area (TPSA) is 48.0 Å². The summed E-state index contributed by atoms with van der Waals surface area (Å²) in [7, 11) is 0. The van der Waals surface area contributed by atoms with E-state index in [1.54, 1.807) is 28.8 Å². The highest BCUT2D eigenvalue weighted by Crippen LogP contribution is 2.43. The van der Waals surface area contributed by atoms with E-state index in [9.17, 15) is 4.79 Å². The van der Waals surface area contributed by atoms with Crippen molar-refractivity contribution < 1.29 is 19.0 Å². The van der Waals surface area contributed by atoms with Crippen LogP contribution in [0.3, 0.4) is 0 Å². The molecule has 0 bridgehead atoms. The van der Waals surface area contributed by atoms with Crippen molar-refractivity contribution in [2.45, 2.75) is 52.0 Å². The summed E-state index contributed by atoms with van der Waals surface area (Å²) in [5, 5.41) is 0.652. The fourth-order valence-electron chi connectivity index (χ4n) is 3.72. The number of aryl methyl sites for hydroxylation is 1. The van der Waals surface area contributed by atoms with Gasteiger partial charge in [0, 0.05) is 16.4 Å². The van der Waals surface area contributed by atoms with Crippen molar-refractivity contribution in [3.05, 3.63) is 68.3 Å². The van der Waals surface area contributed by atoms with Gasteiger partial charge in [0.1, 0.15) is 18.1 Å². The van der Waals surface area contributed by atoms with Crippen molar-refractivity contribution in [3.8, 4) is 0 Å². The molecule has 0 aliphatic carbocycles. The zero-order chi connectivity index (χ0) is 20.8. The maximum Gasteiger partial charge on any atom is 0.411 e. The Morgan fingerprint density at radius 1 is 1.21 bits per heavy atom. The Morgan fingerprint density at radius 2 is 1.93 bits per heavy atom. The monoisotopic (exact) mass is 433 g/mol. The maximum absolute atomic E-state index is 13.1. The molecule has 0 fully saturated rings.